The number of rotatable bonds is 2. The van der Waals surface area contributed by atoms with E-state index in [0.717, 1.165) is 5.69 Å². The predicted octanol–water partition coefficient (Wildman–Crippen LogP) is 2.09. The van der Waals surface area contributed by atoms with Crippen molar-refractivity contribution in [2.75, 3.05) is 0 Å². The van der Waals surface area contributed by atoms with Gasteiger partial charge in [-0.1, -0.05) is 6.07 Å². The molecule has 0 spiro atoms. The topological polar surface area (TPSA) is 61.0 Å². The highest BCUT2D eigenvalue weighted by atomic mass is 16.6. The molecule has 0 aliphatic carbocycles. The Hall–Kier alpha value is -2.17. The van der Waals surface area contributed by atoms with Crippen molar-refractivity contribution in [2.45, 2.75) is 6.92 Å². The quantitative estimate of drug-likeness (QED) is 0.554. The molecule has 2 rings (SSSR count). The first-order valence-electron chi connectivity index (χ1n) is 4.44. The molecule has 1 heterocycles. The number of aryl methyl sites for hydroxylation is 1. The van der Waals surface area contributed by atoms with Gasteiger partial charge in [-0.05, 0) is 19.1 Å². The number of hydrogen-bond donors (Lipinski definition) is 0. The van der Waals surface area contributed by atoms with E-state index in [0.29, 0.717) is 5.69 Å². The lowest BCUT2D eigenvalue weighted by Crippen LogP contribution is -1.96. The normalized spacial score (nSPS) is 10.2. The summed E-state index contributed by atoms with van der Waals surface area (Å²) in [7, 11) is 0. The maximum absolute atomic E-state index is 10.6. The van der Waals surface area contributed by atoms with Crippen molar-refractivity contribution in [3.05, 3.63) is 52.3 Å². The zero-order valence-electron chi connectivity index (χ0n) is 8.12. The number of aromatic nitrogens is 2. The van der Waals surface area contributed by atoms with Gasteiger partial charge in [0.25, 0.3) is 5.69 Å². The van der Waals surface area contributed by atoms with Crippen LogP contribution in [-0.2, 0) is 0 Å². The Morgan fingerprint density at radius 2 is 2.20 bits per heavy atom. The van der Waals surface area contributed by atoms with Gasteiger partial charge >= 0.3 is 0 Å². The minimum absolute atomic E-state index is 0.0700. The Morgan fingerprint density at radius 3 is 2.80 bits per heavy atom. The van der Waals surface area contributed by atoms with E-state index >= 15 is 0 Å². The minimum atomic E-state index is -0.417. The van der Waals surface area contributed by atoms with Gasteiger partial charge in [0, 0.05) is 18.3 Å². The molecule has 0 aliphatic rings. The average Bonchev–Trinajstić information content (AvgIpc) is 2.65. The first-order chi connectivity index (χ1) is 7.16. The maximum Gasteiger partial charge on any atom is 0.271 e. The Labute approximate surface area is 86.1 Å². The fraction of sp³-hybridized carbons (Fsp3) is 0.100. The maximum atomic E-state index is 10.6. The number of nitrogens with zero attached hydrogens (tertiary/aromatic N) is 3. The Morgan fingerprint density at radius 1 is 1.40 bits per heavy atom. The highest BCUT2D eigenvalue weighted by Gasteiger charge is 2.06. The molecule has 0 atom stereocenters. The molecule has 5 heteroatoms. The Kier molecular flexibility index (Phi) is 2.21. The molecule has 1 aromatic heterocycles. The number of non-ortho nitro benzene ring substituents is 1. The van der Waals surface area contributed by atoms with Crippen molar-refractivity contribution >= 4 is 5.69 Å². The summed E-state index contributed by atoms with van der Waals surface area (Å²) in [6, 6.07) is 8.22. The average molecular weight is 203 g/mol. The van der Waals surface area contributed by atoms with Crippen LogP contribution in [0.1, 0.15) is 5.69 Å². The molecule has 5 nitrogen and oxygen atoms in total. The van der Waals surface area contributed by atoms with Crippen LogP contribution < -0.4 is 0 Å². The number of benzene rings is 1. The van der Waals surface area contributed by atoms with Crippen LogP contribution in [0.5, 0.6) is 0 Å². The third kappa shape index (κ3) is 1.85. The summed E-state index contributed by atoms with van der Waals surface area (Å²) in [5.74, 6) is 0. The lowest BCUT2D eigenvalue weighted by atomic mass is 10.3. The summed E-state index contributed by atoms with van der Waals surface area (Å²) in [5, 5.41) is 14.7. The SMILES string of the molecule is Cc1ccn(-c2cccc([N+](=O)[O-])c2)n1. The van der Waals surface area contributed by atoms with Crippen LogP contribution in [0.4, 0.5) is 5.69 Å². The van der Waals surface area contributed by atoms with Gasteiger partial charge in [-0.25, -0.2) is 4.68 Å². The monoisotopic (exact) mass is 203 g/mol. The van der Waals surface area contributed by atoms with E-state index in [1.165, 1.54) is 12.1 Å². The molecular formula is C10H9N3O2. The molecule has 0 radical (unpaired) electrons. The van der Waals surface area contributed by atoms with Gasteiger partial charge in [0.15, 0.2) is 0 Å². The Balaban J connectivity index is 2.45. The smallest absolute Gasteiger partial charge is 0.258 e. The van der Waals surface area contributed by atoms with Crippen molar-refractivity contribution in [3.63, 3.8) is 0 Å². The first-order valence-corrected chi connectivity index (χ1v) is 4.44. The summed E-state index contributed by atoms with van der Waals surface area (Å²) in [6.45, 7) is 1.87. The zero-order chi connectivity index (χ0) is 10.8. The van der Waals surface area contributed by atoms with E-state index in [9.17, 15) is 10.1 Å². The third-order valence-electron chi connectivity index (χ3n) is 2.03. The van der Waals surface area contributed by atoms with Crippen molar-refractivity contribution in [2.24, 2.45) is 0 Å². The molecule has 0 bridgehead atoms. The lowest BCUT2D eigenvalue weighted by Gasteiger charge is -2.00. The van der Waals surface area contributed by atoms with Crippen LogP contribution in [0.2, 0.25) is 0 Å². The molecule has 0 amide bonds. The van der Waals surface area contributed by atoms with Crippen molar-refractivity contribution in [3.8, 4) is 5.69 Å². The van der Waals surface area contributed by atoms with Gasteiger partial charge in [0.1, 0.15) is 0 Å². The van der Waals surface area contributed by atoms with Crippen LogP contribution in [0.15, 0.2) is 36.5 Å². The predicted molar refractivity (Wildman–Crippen MR) is 55.0 cm³/mol. The highest BCUT2D eigenvalue weighted by molar-refractivity contribution is 5.42. The van der Waals surface area contributed by atoms with Crippen molar-refractivity contribution in [1.29, 1.82) is 0 Å². The molecular weight excluding hydrogens is 194 g/mol. The number of nitro groups is 1. The molecule has 1 aromatic carbocycles. The van der Waals surface area contributed by atoms with Crippen molar-refractivity contribution < 1.29 is 4.92 Å². The van der Waals surface area contributed by atoms with Gasteiger partial charge in [0.05, 0.1) is 16.3 Å². The molecule has 15 heavy (non-hydrogen) atoms. The van der Waals surface area contributed by atoms with E-state index in [2.05, 4.69) is 5.10 Å². The molecule has 0 unspecified atom stereocenters. The summed E-state index contributed by atoms with van der Waals surface area (Å²) in [4.78, 5) is 10.1. The highest BCUT2D eigenvalue weighted by Crippen LogP contribution is 2.15. The molecule has 0 saturated heterocycles. The second-order valence-electron chi connectivity index (χ2n) is 3.18. The van der Waals surface area contributed by atoms with Gasteiger partial charge < -0.3 is 0 Å². The lowest BCUT2D eigenvalue weighted by molar-refractivity contribution is -0.384. The second kappa shape index (κ2) is 3.53. The van der Waals surface area contributed by atoms with Crippen LogP contribution in [0.3, 0.4) is 0 Å². The summed E-state index contributed by atoms with van der Waals surface area (Å²) >= 11 is 0. The van der Waals surface area contributed by atoms with E-state index in [1.807, 2.05) is 13.0 Å². The number of nitro benzene ring substituents is 1. The van der Waals surface area contributed by atoms with Gasteiger partial charge in [0.2, 0.25) is 0 Å². The van der Waals surface area contributed by atoms with E-state index in [1.54, 1.807) is 23.0 Å². The third-order valence-corrected chi connectivity index (χ3v) is 2.03. The minimum Gasteiger partial charge on any atom is -0.258 e. The fourth-order valence-corrected chi connectivity index (χ4v) is 1.31. The number of hydrogen-bond acceptors (Lipinski definition) is 3. The van der Waals surface area contributed by atoms with Gasteiger partial charge in [-0.15, -0.1) is 0 Å². The molecule has 0 fully saturated rings. The molecule has 2 aromatic rings. The van der Waals surface area contributed by atoms with Crippen LogP contribution >= 0.6 is 0 Å². The van der Waals surface area contributed by atoms with Crippen molar-refractivity contribution in [1.82, 2.24) is 9.78 Å². The van der Waals surface area contributed by atoms with Crippen LogP contribution in [-0.4, -0.2) is 14.7 Å². The van der Waals surface area contributed by atoms with Gasteiger partial charge in [-0.2, -0.15) is 5.10 Å². The van der Waals surface area contributed by atoms with E-state index < -0.39 is 4.92 Å². The van der Waals surface area contributed by atoms with Crippen LogP contribution in [0, 0.1) is 17.0 Å². The van der Waals surface area contributed by atoms with E-state index in [-0.39, 0.29) is 5.69 Å². The molecule has 0 N–H and O–H groups in total. The largest absolute Gasteiger partial charge is 0.271 e. The Bertz CT molecular complexity index is 505. The first kappa shape index (κ1) is 9.39. The van der Waals surface area contributed by atoms with Gasteiger partial charge in [-0.3, -0.25) is 10.1 Å². The van der Waals surface area contributed by atoms with Crippen LogP contribution in [0.25, 0.3) is 5.69 Å². The summed E-state index contributed by atoms with van der Waals surface area (Å²) in [5.41, 5.74) is 1.64. The standard InChI is InChI=1S/C10H9N3O2/c1-8-5-6-12(11-8)9-3-2-4-10(7-9)13(14)15/h2-7H,1H3. The second-order valence-corrected chi connectivity index (χ2v) is 3.18. The molecule has 0 saturated carbocycles. The molecule has 0 aliphatic heterocycles. The summed E-state index contributed by atoms with van der Waals surface area (Å²) < 4.78 is 1.61. The summed E-state index contributed by atoms with van der Waals surface area (Å²) in [6.07, 6.45) is 1.77. The molecule has 76 valence electrons. The zero-order valence-corrected chi connectivity index (χ0v) is 8.12. The fourth-order valence-electron chi connectivity index (χ4n) is 1.31. The van der Waals surface area contributed by atoms with E-state index in [4.69, 9.17) is 0 Å².